The normalized spacial score (nSPS) is 14.8. The van der Waals surface area contributed by atoms with Gasteiger partial charge in [0, 0.05) is 6.54 Å². The largest absolute Gasteiger partial charge is 0.367 e. The van der Waals surface area contributed by atoms with Gasteiger partial charge in [-0.25, -0.2) is 0 Å². The molecule has 0 amide bonds. The fourth-order valence-electron chi connectivity index (χ4n) is 3.28. The Morgan fingerprint density at radius 3 is 2.33 bits per heavy atom. The first-order valence-electron chi connectivity index (χ1n) is 8.67. The molecule has 2 aromatic carbocycles. The first-order chi connectivity index (χ1) is 11.2. The predicted octanol–water partition coefficient (Wildman–Crippen LogP) is 4.65. The fourth-order valence-corrected chi connectivity index (χ4v) is 3.28. The zero-order valence-corrected chi connectivity index (χ0v) is 15.5. The number of likely N-dealkylation sites (N-methyl/N-ethyl adjacent to an activating group) is 1. The molecule has 0 radical (unpaired) electrons. The third-order valence-electron chi connectivity index (χ3n) is 4.60. The van der Waals surface area contributed by atoms with E-state index in [0.717, 1.165) is 13.2 Å². The Labute approximate surface area is 152 Å². The molecule has 2 aromatic rings. The predicted molar refractivity (Wildman–Crippen MR) is 103 cm³/mol. The number of fused-ring (bicyclic) bond motifs is 1. The lowest BCUT2D eigenvalue weighted by Crippen LogP contribution is -2.20. The van der Waals surface area contributed by atoms with E-state index in [1.807, 2.05) is 0 Å². The number of benzene rings is 2. The van der Waals surface area contributed by atoms with Gasteiger partial charge in [-0.2, -0.15) is 0 Å². The third kappa shape index (κ3) is 4.83. The van der Waals surface area contributed by atoms with Crippen molar-refractivity contribution in [2.24, 2.45) is 0 Å². The molecule has 0 aliphatic heterocycles. The smallest absolute Gasteiger partial charge is 0.108 e. The van der Waals surface area contributed by atoms with Crippen molar-refractivity contribution in [3.05, 3.63) is 70.8 Å². The molecule has 3 heteroatoms. The van der Waals surface area contributed by atoms with Crippen molar-refractivity contribution in [3.63, 3.8) is 0 Å². The molecule has 2 nitrogen and oxygen atoms in total. The van der Waals surface area contributed by atoms with Gasteiger partial charge < -0.3 is 9.64 Å². The lowest BCUT2D eigenvalue weighted by molar-refractivity contribution is 0.0686. The van der Waals surface area contributed by atoms with Crippen molar-refractivity contribution in [2.75, 3.05) is 27.2 Å². The van der Waals surface area contributed by atoms with Crippen molar-refractivity contribution in [2.45, 2.75) is 31.8 Å². The van der Waals surface area contributed by atoms with Crippen molar-refractivity contribution in [1.29, 1.82) is 0 Å². The molecule has 0 heterocycles. The van der Waals surface area contributed by atoms with Crippen LogP contribution in [0.1, 0.15) is 41.2 Å². The summed E-state index contributed by atoms with van der Waals surface area (Å²) < 4.78 is 6.27. The van der Waals surface area contributed by atoms with Gasteiger partial charge in [0.2, 0.25) is 0 Å². The van der Waals surface area contributed by atoms with Gasteiger partial charge in [-0.3, -0.25) is 0 Å². The molecule has 0 fully saturated rings. The van der Waals surface area contributed by atoms with Crippen LogP contribution in [0.25, 0.3) is 0 Å². The van der Waals surface area contributed by atoms with E-state index < -0.39 is 0 Å². The average molecular weight is 346 g/mol. The summed E-state index contributed by atoms with van der Waals surface area (Å²) in [5.74, 6) is 0. The Kier molecular flexibility index (Phi) is 7.29. The van der Waals surface area contributed by atoms with Crippen molar-refractivity contribution < 1.29 is 4.74 Å². The molecular formula is C21H28ClNO. The molecule has 0 N–H and O–H groups in total. The van der Waals surface area contributed by atoms with E-state index in [1.54, 1.807) is 0 Å². The highest BCUT2D eigenvalue weighted by molar-refractivity contribution is 5.85. The summed E-state index contributed by atoms with van der Waals surface area (Å²) in [7, 11) is 4.17. The van der Waals surface area contributed by atoms with Gasteiger partial charge in [-0.05, 0) is 62.0 Å². The summed E-state index contributed by atoms with van der Waals surface area (Å²) in [5.41, 5.74) is 5.57. The summed E-state index contributed by atoms with van der Waals surface area (Å²) >= 11 is 0. The number of hydrogen-bond acceptors (Lipinski definition) is 2. The molecule has 0 spiro atoms. The van der Waals surface area contributed by atoms with E-state index >= 15 is 0 Å². The van der Waals surface area contributed by atoms with Gasteiger partial charge in [0.25, 0.3) is 0 Å². The molecule has 0 saturated carbocycles. The van der Waals surface area contributed by atoms with Crippen LogP contribution in [0.5, 0.6) is 0 Å². The zero-order chi connectivity index (χ0) is 16.1. The molecule has 130 valence electrons. The first kappa shape index (κ1) is 19.0. The molecule has 24 heavy (non-hydrogen) atoms. The van der Waals surface area contributed by atoms with Gasteiger partial charge in [0.05, 0.1) is 6.61 Å². The Balaban J connectivity index is 0.00000208. The van der Waals surface area contributed by atoms with Gasteiger partial charge in [0.1, 0.15) is 6.10 Å². The van der Waals surface area contributed by atoms with Crippen LogP contribution in [0.3, 0.4) is 0 Å². The summed E-state index contributed by atoms with van der Waals surface area (Å²) in [6.45, 7) is 1.68. The minimum atomic E-state index is 0. The number of hydrogen-bond donors (Lipinski definition) is 0. The van der Waals surface area contributed by atoms with E-state index in [1.165, 1.54) is 47.9 Å². The third-order valence-corrected chi connectivity index (χ3v) is 4.60. The molecule has 1 aliphatic rings. The second-order valence-electron chi connectivity index (χ2n) is 6.70. The van der Waals surface area contributed by atoms with Crippen LogP contribution in [0.15, 0.2) is 48.5 Å². The van der Waals surface area contributed by atoms with Crippen molar-refractivity contribution >= 4 is 12.4 Å². The molecule has 1 aliphatic carbocycles. The van der Waals surface area contributed by atoms with E-state index in [4.69, 9.17) is 4.74 Å². The topological polar surface area (TPSA) is 12.5 Å². The number of rotatable bonds is 6. The standard InChI is InChI=1S/C21H27NO.ClH/c1-22(2)14-15-23-21(18-9-4-3-5-10-18)20-13-12-17-8-6-7-11-19(17)16-20;/h3-5,9-10,12-13,16,21H,6-8,11,14-15H2,1-2H3;1H. The maximum Gasteiger partial charge on any atom is 0.108 e. The highest BCUT2D eigenvalue weighted by atomic mass is 35.5. The van der Waals surface area contributed by atoms with E-state index in [-0.39, 0.29) is 18.5 Å². The van der Waals surface area contributed by atoms with Crippen molar-refractivity contribution in [1.82, 2.24) is 4.90 Å². The summed E-state index contributed by atoms with van der Waals surface area (Å²) in [6.07, 6.45) is 5.11. The average Bonchev–Trinajstić information content (AvgIpc) is 2.59. The highest BCUT2D eigenvalue weighted by Gasteiger charge is 2.17. The van der Waals surface area contributed by atoms with Crippen LogP contribution in [0.2, 0.25) is 0 Å². The summed E-state index contributed by atoms with van der Waals surface area (Å²) in [6, 6.07) is 17.5. The molecule has 1 atom stereocenters. The number of ether oxygens (including phenoxy) is 1. The lowest BCUT2D eigenvalue weighted by atomic mass is 9.88. The monoisotopic (exact) mass is 345 g/mol. The minimum Gasteiger partial charge on any atom is -0.367 e. The number of halogens is 1. The number of nitrogens with zero attached hydrogens (tertiary/aromatic N) is 1. The Hall–Kier alpha value is -1.35. The van der Waals surface area contributed by atoms with Crippen molar-refractivity contribution in [3.8, 4) is 0 Å². The van der Waals surface area contributed by atoms with Crippen LogP contribution < -0.4 is 0 Å². The Morgan fingerprint density at radius 2 is 1.62 bits per heavy atom. The van der Waals surface area contributed by atoms with Crippen LogP contribution in [0.4, 0.5) is 0 Å². The van der Waals surface area contributed by atoms with E-state index in [9.17, 15) is 0 Å². The maximum atomic E-state index is 6.27. The zero-order valence-electron chi connectivity index (χ0n) is 14.7. The first-order valence-corrected chi connectivity index (χ1v) is 8.67. The van der Waals surface area contributed by atoms with Crippen LogP contribution in [-0.2, 0) is 17.6 Å². The summed E-state index contributed by atoms with van der Waals surface area (Å²) in [5, 5.41) is 0. The second kappa shape index (κ2) is 9.22. The highest BCUT2D eigenvalue weighted by Crippen LogP contribution is 2.30. The molecular weight excluding hydrogens is 318 g/mol. The van der Waals surface area contributed by atoms with E-state index in [0.29, 0.717) is 0 Å². The molecule has 3 rings (SSSR count). The van der Waals surface area contributed by atoms with Gasteiger partial charge in [0.15, 0.2) is 0 Å². The minimum absolute atomic E-state index is 0. The summed E-state index contributed by atoms with van der Waals surface area (Å²) in [4.78, 5) is 2.16. The molecule has 1 unspecified atom stereocenters. The van der Waals surface area contributed by atoms with Crippen LogP contribution >= 0.6 is 12.4 Å². The number of aryl methyl sites for hydroxylation is 2. The van der Waals surface area contributed by atoms with Gasteiger partial charge in [-0.1, -0.05) is 48.5 Å². The Morgan fingerprint density at radius 1 is 0.917 bits per heavy atom. The second-order valence-corrected chi connectivity index (χ2v) is 6.70. The van der Waals surface area contributed by atoms with E-state index in [2.05, 4.69) is 67.5 Å². The fraction of sp³-hybridized carbons (Fsp3) is 0.429. The van der Waals surface area contributed by atoms with Gasteiger partial charge >= 0.3 is 0 Å². The molecule has 0 aromatic heterocycles. The Bertz CT molecular complexity index is 627. The van der Waals surface area contributed by atoms with Gasteiger partial charge in [-0.15, -0.1) is 12.4 Å². The quantitative estimate of drug-likeness (QED) is 0.755. The van der Waals surface area contributed by atoms with Crippen LogP contribution in [0, 0.1) is 0 Å². The maximum absolute atomic E-state index is 6.27. The lowest BCUT2D eigenvalue weighted by Gasteiger charge is -2.23. The molecule has 0 bridgehead atoms. The molecule has 0 saturated heterocycles. The SMILES string of the molecule is CN(C)CCOC(c1ccccc1)c1ccc2c(c1)CCCC2.Cl. The van der Waals surface area contributed by atoms with Crippen LogP contribution in [-0.4, -0.2) is 32.1 Å².